The summed E-state index contributed by atoms with van der Waals surface area (Å²) in [7, 11) is 1.50. The van der Waals surface area contributed by atoms with E-state index >= 15 is 0 Å². The van der Waals surface area contributed by atoms with Gasteiger partial charge >= 0.3 is 0 Å². The van der Waals surface area contributed by atoms with Crippen LogP contribution >= 0.6 is 0 Å². The van der Waals surface area contributed by atoms with Crippen LogP contribution in [0.4, 0.5) is 0 Å². The number of benzene rings is 1. The maximum absolute atomic E-state index is 13.6. The minimum atomic E-state index is -0.560. The van der Waals surface area contributed by atoms with Crippen molar-refractivity contribution in [3.63, 3.8) is 0 Å². The van der Waals surface area contributed by atoms with Crippen LogP contribution in [0.1, 0.15) is 66.1 Å². The second kappa shape index (κ2) is 11.0. The van der Waals surface area contributed by atoms with Gasteiger partial charge in [-0.3, -0.25) is 9.59 Å². The number of ether oxygens (including phenoxy) is 1. The van der Waals surface area contributed by atoms with Gasteiger partial charge in [-0.15, -0.1) is 10.2 Å². The van der Waals surface area contributed by atoms with Crippen molar-refractivity contribution < 1.29 is 18.7 Å². The molecule has 1 fully saturated rings. The molecule has 0 aliphatic heterocycles. The van der Waals surface area contributed by atoms with E-state index in [2.05, 4.69) is 36.8 Å². The highest BCUT2D eigenvalue weighted by Gasteiger charge is 2.33. The first-order chi connectivity index (χ1) is 20.4. The second-order valence-corrected chi connectivity index (χ2v) is 10.3. The van der Waals surface area contributed by atoms with Crippen molar-refractivity contribution in [1.29, 1.82) is 0 Å². The first kappa shape index (κ1) is 27.0. The molecule has 0 bridgehead atoms. The molecule has 11 nitrogen and oxygen atoms in total. The van der Waals surface area contributed by atoms with Gasteiger partial charge < -0.3 is 14.1 Å². The Bertz CT molecular complexity index is 1850. The molecule has 6 rings (SSSR count). The third-order valence-corrected chi connectivity index (χ3v) is 7.55. The lowest BCUT2D eigenvalue weighted by molar-refractivity contribution is -0.119. The van der Waals surface area contributed by atoms with Gasteiger partial charge in [-0.05, 0) is 45.1 Å². The number of aryl methyl sites for hydroxylation is 1. The summed E-state index contributed by atoms with van der Waals surface area (Å²) in [5, 5.41) is 13.3. The Morgan fingerprint density at radius 3 is 2.48 bits per heavy atom. The Morgan fingerprint density at radius 2 is 1.83 bits per heavy atom. The van der Waals surface area contributed by atoms with Crippen molar-refractivity contribution in [3.05, 3.63) is 89.9 Å². The Balaban J connectivity index is 1.28. The number of aromatic amines is 1. The molecule has 4 heterocycles. The molecule has 0 radical (unpaired) electrons. The normalized spacial score (nSPS) is 15.1. The zero-order valence-corrected chi connectivity index (χ0v) is 23.5. The van der Waals surface area contributed by atoms with Crippen LogP contribution in [0.15, 0.2) is 65.6 Å². The van der Waals surface area contributed by atoms with Crippen LogP contribution in [-0.2, 0) is 4.79 Å². The van der Waals surface area contributed by atoms with E-state index in [0.29, 0.717) is 71.3 Å². The molecule has 0 amide bonds. The van der Waals surface area contributed by atoms with Crippen molar-refractivity contribution in [3.8, 4) is 11.6 Å². The minimum absolute atomic E-state index is 0.247. The molecule has 4 aromatic heterocycles. The number of carbonyl (C=O) groups is 2. The maximum atomic E-state index is 13.6. The number of methoxy groups -OCH3 is 1. The highest BCUT2D eigenvalue weighted by molar-refractivity contribution is 6.46. The van der Waals surface area contributed by atoms with Gasteiger partial charge in [0.2, 0.25) is 23.3 Å². The number of H-pyrrole nitrogens is 1. The number of carbonyl (C=O) groups excluding carboxylic acids is 2. The number of ketones is 2. The molecular formula is C31H29N7O4. The van der Waals surface area contributed by atoms with E-state index in [0.717, 1.165) is 16.7 Å². The summed E-state index contributed by atoms with van der Waals surface area (Å²) in [4.78, 5) is 38.9. The number of allylic oxidation sites excluding steroid dienone is 2. The molecule has 0 saturated heterocycles. The smallest absolute Gasteiger partial charge is 0.248 e. The van der Waals surface area contributed by atoms with Crippen molar-refractivity contribution in [2.75, 3.05) is 7.11 Å². The number of aromatic nitrogens is 7. The van der Waals surface area contributed by atoms with Crippen LogP contribution in [-0.4, -0.2) is 53.6 Å². The van der Waals surface area contributed by atoms with E-state index in [4.69, 9.17) is 9.15 Å². The molecule has 212 valence electrons. The Kier molecular flexibility index (Phi) is 7.07. The number of rotatable bonds is 8. The average Bonchev–Trinajstić information content (AvgIpc) is 3.77. The number of nitrogens with one attached hydrogen (secondary N) is 1. The van der Waals surface area contributed by atoms with Crippen LogP contribution in [0.2, 0.25) is 0 Å². The fourth-order valence-electron chi connectivity index (χ4n) is 5.44. The first-order valence-electron chi connectivity index (χ1n) is 13.6. The van der Waals surface area contributed by atoms with E-state index in [9.17, 15) is 9.59 Å². The number of pyridine rings is 1. The summed E-state index contributed by atoms with van der Waals surface area (Å²) in [6.45, 7) is 7.49. The third-order valence-electron chi connectivity index (χ3n) is 7.55. The summed E-state index contributed by atoms with van der Waals surface area (Å²) in [6, 6.07) is 9.87. The summed E-state index contributed by atoms with van der Waals surface area (Å²) in [5.41, 5.74) is 4.41. The number of Topliss-reactive ketones (excluding diaryl/α,β-unsaturated/α-hetero) is 2. The van der Waals surface area contributed by atoms with Crippen LogP contribution < -0.4 is 4.74 Å². The lowest BCUT2D eigenvalue weighted by Crippen LogP contribution is -2.26. The molecule has 5 aromatic rings. The van der Waals surface area contributed by atoms with Gasteiger partial charge in [0.1, 0.15) is 17.9 Å². The highest BCUT2D eigenvalue weighted by atomic mass is 16.5. The quantitative estimate of drug-likeness (QED) is 0.196. The van der Waals surface area contributed by atoms with Gasteiger partial charge in [-0.2, -0.15) is 5.10 Å². The van der Waals surface area contributed by atoms with Gasteiger partial charge in [-0.1, -0.05) is 42.5 Å². The van der Waals surface area contributed by atoms with Gasteiger partial charge in [-0.25, -0.2) is 14.6 Å². The molecule has 0 spiro atoms. The Hall–Kier alpha value is -5.19. The van der Waals surface area contributed by atoms with Gasteiger partial charge in [0.05, 0.1) is 29.8 Å². The van der Waals surface area contributed by atoms with Gasteiger partial charge in [0.25, 0.3) is 0 Å². The average molecular weight is 564 g/mol. The first-order valence-corrected chi connectivity index (χ1v) is 13.6. The van der Waals surface area contributed by atoms with Crippen molar-refractivity contribution in [2.45, 2.75) is 39.5 Å². The predicted octanol–water partition coefficient (Wildman–Crippen LogP) is 5.32. The van der Waals surface area contributed by atoms with Crippen molar-refractivity contribution >= 4 is 33.6 Å². The monoisotopic (exact) mass is 563 g/mol. The summed E-state index contributed by atoms with van der Waals surface area (Å²) in [6.07, 6.45) is 6.90. The van der Waals surface area contributed by atoms with Gasteiger partial charge in [0.15, 0.2) is 5.82 Å². The zero-order chi connectivity index (χ0) is 29.4. The fourth-order valence-corrected chi connectivity index (χ4v) is 5.44. The maximum Gasteiger partial charge on any atom is 0.248 e. The second-order valence-electron chi connectivity index (χ2n) is 10.3. The molecule has 11 heteroatoms. The Morgan fingerprint density at radius 1 is 1.10 bits per heavy atom. The molecule has 42 heavy (non-hydrogen) atoms. The van der Waals surface area contributed by atoms with Crippen LogP contribution in [0.3, 0.4) is 0 Å². The van der Waals surface area contributed by atoms with Crippen molar-refractivity contribution in [2.24, 2.45) is 5.92 Å². The standard InChI is InChI=1S/C31H29N7O4/c1-17(2)30-35-36-31(42-30)24(19-8-6-5-7-9-19)20-10-12-21(13-11-20)27(39)28(40)22-14-32-26-25(22)23(41-4)15-33-29(26)38-16-34-18(3)37-38/h5-9,14-16,21,32H,1,10-13H2,2-4H3. The highest BCUT2D eigenvalue weighted by Crippen LogP contribution is 2.38. The van der Waals surface area contributed by atoms with E-state index in [-0.39, 0.29) is 5.56 Å². The largest absolute Gasteiger partial charge is 0.494 e. The third kappa shape index (κ3) is 4.83. The lowest BCUT2D eigenvalue weighted by atomic mass is 9.79. The molecule has 1 N–H and O–H groups in total. The van der Waals surface area contributed by atoms with Gasteiger partial charge in [0, 0.05) is 23.3 Å². The molecule has 1 saturated carbocycles. The number of hydrogen-bond donors (Lipinski definition) is 1. The number of nitrogens with zero attached hydrogens (tertiary/aromatic N) is 6. The topological polar surface area (TPSA) is 142 Å². The van der Waals surface area contributed by atoms with Crippen molar-refractivity contribution in [1.82, 2.24) is 34.9 Å². The number of fused-ring (bicyclic) bond motifs is 1. The lowest BCUT2D eigenvalue weighted by Gasteiger charge is -2.24. The summed E-state index contributed by atoms with van der Waals surface area (Å²) < 4.78 is 13.0. The predicted molar refractivity (Wildman–Crippen MR) is 155 cm³/mol. The van der Waals surface area contributed by atoms with Crippen LogP contribution in [0, 0.1) is 12.8 Å². The van der Waals surface area contributed by atoms with Crippen LogP contribution in [0.25, 0.3) is 27.9 Å². The number of hydrogen-bond acceptors (Lipinski definition) is 9. The molecular weight excluding hydrogens is 534 g/mol. The zero-order valence-electron chi connectivity index (χ0n) is 23.5. The minimum Gasteiger partial charge on any atom is -0.494 e. The SMILES string of the molecule is C=C(C)c1nnc(C(=C2CCC(C(=O)C(=O)c3c[nH]c4c(-n5cnc(C)n5)ncc(OC)c34)CC2)c2ccccc2)o1. The summed E-state index contributed by atoms with van der Waals surface area (Å²) >= 11 is 0. The van der Waals surface area contributed by atoms with Crippen LogP contribution in [0.5, 0.6) is 5.75 Å². The van der Waals surface area contributed by atoms with E-state index < -0.39 is 17.5 Å². The molecule has 1 aromatic carbocycles. The summed E-state index contributed by atoms with van der Waals surface area (Å²) in [5.74, 6) is 0.837. The Labute approximate surface area is 241 Å². The fraction of sp³-hybridized carbons (Fsp3) is 0.258. The van der Waals surface area contributed by atoms with E-state index in [1.54, 1.807) is 19.4 Å². The molecule has 1 aliphatic rings. The molecule has 1 aliphatic carbocycles. The van der Waals surface area contributed by atoms with E-state index in [1.165, 1.54) is 18.0 Å². The van der Waals surface area contributed by atoms with E-state index in [1.807, 2.05) is 37.3 Å². The molecule has 0 unspecified atom stereocenters. The molecule has 0 atom stereocenters.